The number of rotatable bonds is 4. The largest absolute Gasteiger partial charge is 0.481 e. The summed E-state index contributed by atoms with van der Waals surface area (Å²) in [5.41, 5.74) is -3.84. The van der Waals surface area contributed by atoms with Gasteiger partial charge in [-0.05, 0) is 19.8 Å². The lowest BCUT2D eigenvalue weighted by molar-refractivity contribution is -0.166. The molecule has 2 N–H and O–H groups in total. The Kier molecular flexibility index (Phi) is 6.72. The van der Waals surface area contributed by atoms with E-state index in [-0.39, 0.29) is 6.42 Å². The minimum Gasteiger partial charge on any atom is -0.481 e. The number of carboxylic acids is 2. The molecule has 2 unspecified atom stereocenters. The fraction of sp³-hybridized carbons (Fsp3) is 0.615. The van der Waals surface area contributed by atoms with Crippen LogP contribution in [0.3, 0.4) is 0 Å². The van der Waals surface area contributed by atoms with Gasteiger partial charge in [0.05, 0.1) is 5.41 Å². The molecule has 2 atom stereocenters. The van der Waals surface area contributed by atoms with Crippen LogP contribution < -0.4 is 0 Å². The molecule has 0 bridgehead atoms. The minimum absolute atomic E-state index is 0.344. The standard InChI is InChI=1S/C10H12F2O4.C3H4F2O/c1-9(7(13)14)3-2-4-10(5-9,6(11)12)8(15)16;1-2(6)3(4)5/h2-3,6H,4-5H2,1H3,(H,13,14)(H,15,16);3H,1H3. The summed E-state index contributed by atoms with van der Waals surface area (Å²) in [5.74, 6) is -4.02. The highest BCUT2D eigenvalue weighted by molar-refractivity contribution is 5.81. The van der Waals surface area contributed by atoms with E-state index < -0.39 is 47.8 Å². The zero-order valence-electron chi connectivity index (χ0n) is 11.9. The second kappa shape index (κ2) is 7.37. The first-order valence-corrected chi connectivity index (χ1v) is 6.10. The fourth-order valence-corrected chi connectivity index (χ4v) is 1.89. The maximum atomic E-state index is 12.8. The second-order valence-corrected chi connectivity index (χ2v) is 5.18. The molecule has 0 amide bonds. The van der Waals surface area contributed by atoms with E-state index in [2.05, 4.69) is 0 Å². The molecule has 0 saturated carbocycles. The zero-order valence-corrected chi connectivity index (χ0v) is 11.9. The lowest BCUT2D eigenvalue weighted by atomic mass is 9.66. The number of carbonyl (C=O) groups is 3. The number of allylic oxidation sites excluding steroid dienone is 1. The van der Waals surface area contributed by atoms with E-state index in [1.54, 1.807) is 0 Å². The van der Waals surface area contributed by atoms with Gasteiger partial charge in [-0.1, -0.05) is 12.2 Å². The maximum Gasteiger partial charge on any atom is 0.315 e. The highest BCUT2D eigenvalue weighted by Crippen LogP contribution is 2.46. The van der Waals surface area contributed by atoms with E-state index in [0.29, 0.717) is 0 Å². The summed E-state index contributed by atoms with van der Waals surface area (Å²) in [4.78, 5) is 31.2. The lowest BCUT2D eigenvalue weighted by Crippen LogP contribution is -2.46. The molecule has 0 aromatic rings. The zero-order chi connectivity index (χ0) is 17.7. The van der Waals surface area contributed by atoms with Crippen molar-refractivity contribution in [3.63, 3.8) is 0 Å². The van der Waals surface area contributed by atoms with Gasteiger partial charge >= 0.3 is 11.9 Å². The number of hydrogen-bond donors (Lipinski definition) is 2. The highest BCUT2D eigenvalue weighted by atomic mass is 19.3. The van der Waals surface area contributed by atoms with Crippen molar-refractivity contribution in [2.75, 3.05) is 0 Å². The average molecular weight is 328 g/mol. The first-order chi connectivity index (χ1) is 9.89. The number of ketones is 1. The normalized spacial score (nSPS) is 27.3. The van der Waals surface area contributed by atoms with Crippen molar-refractivity contribution in [2.45, 2.75) is 39.5 Å². The SMILES string of the molecule is CC(=O)C(F)F.CC1(C(=O)O)C=CCC(C(=O)O)(C(F)F)C1. The van der Waals surface area contributed by atoms with Gasteiger partial charge in [0.1, 0.15) is 5.41 Å². The Labute approximate surface area is 123 Å². The lowest BCUT2D eigenvalue weighted by Gasteiger charge is -2.37. The average Bonchev–Trinajstić information content (AvgIpc) is 2.38. The Bertz CT molecular complexity index is 477. The van der Waals surface area contributed by atoms with Crippen LogP contribution in [-0.2, 0) is 14.4 Å². The molecule has 126 valence electrons. The Morgan fingerprint density at radius 1 is 1.09 bits per heavy atom. The second-order valence-electron chi connectivity index (χ2n) is 5.18. The van der Waals surface area contributed by atoms with Crippen molar-refractivity contribution in [2.24, 2.45) is 10.8 Å². The van der Waals surface area contributed by atoms with Gasteiger partial charge < -0.3 is 10.2 Å². The summed E-state index contributed by atoms with van der Waals surface area (Å²) in [6.07, 6.45) is -4.34. The van der Waals surface area contributed by atoms with Gasteiger partial charge in [0.15, 0.2) is 5.78 Å². The predicted octanol–water partition coefficient (Wildman–Crippen LogP) is 2.60. The minimum atomic E-state index is -3.09. The number of aliphatic carboxylic acids is 2. The monoisotopic (exact) mass is 328 g/mol. The Hall–Kier alpha value is -1.93. The smallest absolute Gasteiger partial charge is 0.315 e. The van der Waals surface area contributed by atoms with Gasteiger partial charge in [0, 0.05) is 6.92 Å². The van der Waals surface area contributed by atoms with Crippen LogP contribution in [0, 0.1) is 10.8 Å². The van der Waals surface area contributed by atoms with Gasteiger partial charge in [0.2, 0.25) is 0 Å². The van der Waals surface area contributed by atoms with Gasteiger partial charge in [-0.2, -0.15) is 0 Å². The number of halogens is 4. The topological polar surface area (TPSA) is 91.7 Å². The van der Waals surface area contributed by atoms with E-state index in [9.17, 15) is 31.9 Å². The molecule has 0 spiro atoms. The van der Waals surface area contributed by atoms with Crippen molar-refractivity contribution in [3.8, 4) is 0 Å². The number of carbonyl (C=O) groups excluding carboxylic acids is 1. The van der Waals surface area contributed by atoms with Crippen LogP contribution in [0.1, 0.15) is 26.7 Å². The molecular formula is C13H16F4O5. The number of hydrogen-bond acceptors (Lipinski definition) is 3. The van der Waals surface area contributed by atoms with Crippen molar-refractivity contribution in [1.82, 2.24) is 0 Å². The van der Waals surface area contributed by atoms with Crippen LogP contribution >= 0.6 is 0 Å². The van der Waals surface area contributed by atoms with Crippen LogP contribution in [0.25, 0.3) is 0 Å². The van der Waals surface area contributed by atoms with Gasteiger partial charge in [-0.3, -0.25) is 14.4 Å². The molecule has 0 aliphatic heterocycles. The van der Waals surface area contributed by atoms with E-state index >= 15 is 0 Å². The molecule has 0 heterocycles. The molecule has 0 saturated heterocycles. The molecule has 1 rings (SSSR count). The van der Waals surface area contributed by atoms with E-state index in [0.717, 1.165) is 6.92 Å². The van der Waals surface area contributed by atoms with Crippen molar-refractivity contribution >= 4 is 17.7 Å². The Balaban J connectivity index is 0.000000626. The van der Waals surface area contributed by atoms with Gasteiger partial charge in [0.25, 0.3) is 12.9 Å². The van der Waals surface area contributed by atoms with E-state index in [4.69, 9.17) is 10.2 Å². The summed E-state index contributed by atoms with van der Waals surface area (Å²) >= 11 is 0. The van der Waals surface area contributed by atoms with Crippen LogP contribution in [-0.4, -0.2) is 40.8 Å². The van der Waals surface area contributed by atoms with Crippen molar-refractivity contribution in [3.05, 3.63) is 12.2 Å². The summed E-state index contributed by atoms with van der Waals surface area (Å²) < 4.78 is 47.3. The summed E-state index contributed by atoms with van der Waals surface area (Å²) in [5, 5.41) is 17.8. The van der Waals surface area contributed by atoms with Crippen LogP contribution in [0.5, 0.6) is 0 Å². The van der Waals surface area contributed by atoms with E-state index in [1.165, 1.54) is 19.1 Å². The summed E-state index contributed by atoms with van der Waals surface area (Å²) in [6.45, 7) is 2.09. The number of Topliss-reactive ketones (excluding diaryl/α,β-unsaturated/α-hetero) is 1. The predicted molar refractivity (Wildman–Crippen MR) is 66.9 cm³/mol. The molecule has 0 radical (unpaired) electrons. The van der Waals surface area contributed by atoms with Crippen LogP contribution in [0.2, 0.25) is 0 Å². The third-order valence-corrected chi connectivity index (χ3v) is 3.29. The summed E-state index contributed by atoms with van der Waals surface area (Å²) in [7, 11) is 0. The Morgan fingerprint density at radius 3 is 1.82 bits per heavy atom. The Morgan fingerprint density at radius 2 is 1.55 bits per heavy atom. The first kappa shape index (κ1) is 20.1. The third kappa shape index (κ3) is 4.54. The highest BCUT2D eigenvalue weighted by Gasteiger charge is 2.54. The molecule has 9 heteroatoms. The molecule has 5 nitrogen and oxygen atoms in total. The van der Waals surface area contributed by atoms with Crippen LogP contribution in [0.15, 0.2) is 12.2 Å². The summed E-state index contributed by atoms with van der Waals surface area (Å²) in [6, 6.07) is 0. The molecule has 0 aromatic heterocycles. The number of carboxylic acid groups (broad SMARTS) is 2. The maximum absolute atomic E-state index is 12.8. The third-order valence-electron chi connectivity index (χ3n) is 3.29. The number of alkyl halides is 4. The quantitative estimate of drug-likeness (QED) is 0.611. The fourth-order valence-electron chi connectivity index (χ4n) is 1.89. The molecule has 1 aliphatic rings. The van der Waals surface area contributed by atoms with E-state index in [1.807, 2.05) is 0 Å². The van der Waals surface area contributed by atoms with Gasteiger partial charge in [-0.25, -0.2) is 17.6 Å². The molecule has 1 aliphatic carbocycles. The van der Waals surface area contributed by atoms with Crippen molar-refractivity contribution < 1.29 is 42.2 Å². The molecule has 22 heavy (non-hydrogen) atoms. The van der Waals surface area contributed by atoms with Crippen LogP contribution in [0.4, 0.5) is 17.6 Å². The van der Waals surface area contributed by atoms with Crippen molar-refractivity contribution in [1.29, 1.82) is 0 Å². The molecular weight excluding hydrogens is 312 g/mol. The van der Waals surface area contributed by atoms with Gasteiger partial charge in [-0.15, -0.1) is 0 Å². The first-order valence-electron chi connectivity index (χ1n) is 6.10. The molecule has 0 fully saturated rings. The molecule has 0 aromatic carbocycles.